The van der Waals surface area contributed by atoms with Gasteiger partial charge in [-0.25, -0.2) is 0 Å². The van der Waals surface area contributed by atoms with Crippen LogP contribution in [0.1, 0.15) is 0 Å². The van der Waals surface area contributed by atoms with E-state index in [1.165, 1.54) is 0 Å². The molecule has 0 rings (SSSR count). The van der Waals surface area contributed by atoms with Gasteiger partial charge in [0.1, 0.15) is 0 Å². The summed E-state index contributed by atoms with van der Waals surface area (Å²) in [7, 11) is 0. The van der Waals surface area contributed by atoms with Crippen molar-refractivity contribution < 1.29 is 24.5 Å². The maximum atomic E-state index is 8.39. The molecule has 0 fully saturated rings. The van der Waals surface area contributed by atoms with Gasteiger partial charge in [-0.2, -0.15) is 0 Å². The van der Waals surface area contributed by atoms with Crippen molar-refractivity contribution in [3.63, 3.8) is 0 Å². The summed E-state index contributed by atoms with van der Waals surface area (Å²) in [5, 5.41) is 0. The van der Waals surface area contributed by atoms with E-state index in [9.17, 15) is 0 Å². The fourth-order valence-electron chi connectivity index (χ4n) is 0. The minimum absolute atomic E-state index is 0. The Morgan fingerprint density at radius 2 is 1.20 bits per heavy atom. The Morgan fingerprint density at radius 3 is 1.20 bits per heavy atom. The van der Waals surface area contributed by atoms with Crippen molar-refractivity contribution in [2.75, 3.05) is 0 Å². The third-order valence-corrected chi connectivity index (χ3v) is 0. The Bertz CT molecular complexity index is 9.61. The Balaban J connectivity index is -0.0000000133. The van der Waals surface area contributed by atoms with E-state index in [1.54, 1.807) is 0 Å². The maximum absolute atomic E-state index is 8.39. The van der Waals surface area contributed by atoms with E-state index in [4.69, 9.17) is 6.26 Å². The summed E-state index contributed by atoms with van der Waals surface area (Å²) >= 11 is 1.16. The molecule has 0 aromatic carbocycles. The predicted octanol–water partition coefficient (Wildman–Crippen LogP) is -1.54. The van der Waals surface area contributed by atoms with E-state index in [2.05, 4.69) is 0 Å². The molecule has 30 valence electrons. The van der Waals surface area contributed by atoms with Crippen LogP contribution < -0.4 is 0 Å². The average Bonchev–Trinajstić information content (AvgIpc) is 1.50. The van der Waals surface area contributed by atoms with Gasteiger partial charge in [0.25, 0.3) is 0 Å². The summed E-state index contributed by atoms with van der Waals surface area (Å²) in [6, 6.07) is 0. The van der Waals surface area contributed by atoms with Crippen LogP contribution in [0.5, 0.6) is 0 Å². The van der Waals surface area contributed by atoms with Gasteiger partial charge in [-0.15, -0.1) is 0 Å². The van der Waals surface area contributed by atoms with Gasteiger partial charge >= 0.3 is 77.6 Å². The van der Waals surface area contributed by atoms with Crippen molar-refractivity contribution in [1.82, 2.24) is 0 Å². The van der Waals surface area contributed by atoms with Crippen molar-refractivity contribution >= 4 is 53.1 Å². The summed E-state index contributed by atoms with van der Waals surface area (Å²) in [6.07, 6.45) is 0. The quantitative estimate of drug-likeness (QED) is 0.344. The third-order valence-electron chi connectivity index (χ3n) is 0. The Kier molecular flexibility index (Phi) is 115. The van der Waals surface area contributed by atoms with E-state index in [0.29, 0.717) is 0 Å². The molecule has 0 amide bonds. The number of hydrogen-bond acceptors (Lipinski definition) is 2. The monoisotopic (exact) mass is 552 g/mol. The molecule has 0 saturated carbocycles. The first-order valence-electron chi connectivity index (χ1n) is 0.348. The topological polar surface area (TPSA) is 34.1 Å². The summed E-state index contributed by atoms with van der Waals surface area (Å²) in [5.41, 5.74) is 0. The summed E-state index contributed by atoms with van der Waals surface area (Å²) < 4.78 is 16.6. The molecule has 4 radical (unpaired) electrons. The third kappa shape index (κ3) is 23.5. The molecule has 0 spiro atoms. The zero-order chi connectivity index (χ0) is 4.00. The van der Waals surface area contributed by atoms with Gasteiger partial charge in [0.15, 0.2) is 0 Å². The molecule has 2 nitrogen and oxygen atoms in total. The van der Waals surface area contributed by atoms with E-state index in [-0.39, 0.29) is 53.1 Å². The molecule has 0 aromatic rings. The van der Waals surface area contributed by atoms with Crippen LogP contribution in [0, 0.1) is 0 Å². The van der Waals surface area contributed by atoms with Crippen molar-refractivity contribution in [2.24, 2.45) is 0 Å². The molecule has 0 bridgehead atoms. The SMILES string of the molecule is [O]=[Pb].[O]=[Ru].[PbH2]. The van der Waals surface area contributed by atoms with Gasteiger partial charge in [-0.1, -0.05) is 0 Å². The van der Waals surface area contributed by atoms with E-state index < -0.39 is 0 Å². The van der Waals surface area contributed by atoms with E-state index in [1.807, 2.05) is 0 Å². The predicted molar refractivity (Wildman–Crippen MR) is 15.7 cm³/mol. The van der Waals surface area contributed by atoms with Crippen LogP contribution in [0.3, 0.4) is 0 Å². The second-order valence-corrected chi connectivity index (χ2v) is 0. The molecule has 5 heteroatoms. The Labute approximate surface area is 76.3 Å². The number of hydrogen-bond donors (Lipinski definition) is 0. The summed E-state index contributed by atoms with van der Waals surface area (Å²) in [4.78, 5) is 0. The Morgan fingerprint density at radius 1 is 1.20 bits per heavy atom. The van der Waals surface area contributed by atoms with Crippen molar-refractivity contribution in [3.05, 3.63) is 0 Å². The van der Waals surface area contributed by atoms with Gasteiger partial charge < -0.3 is 0 Å². The van der Waals surface area contributed by atoms with Crippen LogP contribution in [-0.4, -0.2) is 53.1 Å². The van der Waals surface area contributed by atoms with Crippen molar-refractivity contribution in [1.29, 1.82) is 0 Å². The normalized spacial score (nSPS) is 1.80. The fraction of sp³-hybridized carbons (Fsp3) is 0. The fourth-order valence-corrected chi connectivity index (χ4v) is 0. The standard InChI is InChI=1S/2O.2Pb.Ru.2H. The second-order valence-electron chi connectivity index (χ2n) is 0. The molecule has 0 aromatic heterocycles. The zero-order valence-corrected chi connectivity index (χ0v) is 13.5. The van der Waals surface area contributed by atoms with Gasteiger partial charge in [0, 0.05) is 0 Å². The molecule has 0 heterocycles. The molecule has 0 unspecified atom stereocenters. The molecule has 0 atom stereocenters. The zero-order valence-electron chi connectivity index (χ0n) is 2.38. The molecular formula is H2O2Pb2Ru. The van der Waals surface area contributed by atoms with Crippen LogP contribution in [0.2, 0.25) is 0 Å². The van der Waals surface area contributed by atoms with Gasteiger partial charge in [0.05, 0.1) is 0 Å². The van der Waals surface area contributed by atoms with Gasteiger partial charge in [0.2, 0.25) is 0 Å². The van der Waals surface area contributed by atoms with Crippen LogP contribution in [0.4, 0.5) is 0 Å². The van der Waals surface area contributed by atoms with E-state index >= 15 is 0 Å². The first kappa shape index (κ1) is 15.7. The van der Waals surface area contributed by atoms with Crippen LogP contribution in [0.15, 0.2) is 0 Å². The van der Waals surface area contributed by atoms with Crippen LogP contribution in [0.25, 0.3) is 0 Å². The average molecular weight is 549 g/mol. The molecule has 0 N–H and O–H groups in total. The molecular weight excluding hydrogens is 547 g/mol. The molecule has 0 aliphatic rings. The van der Waals surface area contributed by atoms with Crippen molar-refractivity contribution in [3.8, 4) is 0 Å². The number of rotatable bonds is 0. The summed E-state index contributed by atoms with van der Waals surface area (Å²) in [6.45, 7) is 0. The molecule has 0 aliphatic heterocycles. The van der Waals surface area contributed by atoms with Gasteiger partial charge in [-0.05, 0) is 0 Å². The molecule has 0 aliphatic carbocycles. The minimum atomic E-state index is 0. The molecule has 5 heavy (non-hydrogen) atoms. The van der Waals surface area contributed by atoms with Crippen LogP contribution >= 0.6 is 0 Å². The van der Waals surface area contributed by atoms with Crippen molar-refractivity contribution in [2.45, 2.75) is 0 Å². The molecule has 0 saturated heterocycles. The van der Waals surface area contributed by atoms with E-state index in [0.717, 1.165) is 18.3 Å². The first-order valence-corrected chi connectivity index (χ1v) is 2.65. The van der Waals surface area contributed by atoms with Gasteiger partial charge in [-0.3, -0.25) is 0 Å². The second kappa shape index (κ2) is 36.5. The van der Waals surface area contributed by atoms with Crippen LogP contribution in [-0.2, 0) is 24.5 Å². The Hall–Kier alpha value is 2.07. The first-order chi connectivity index (χ1) is 2.00. The summed E-state index contributed by atoms with van der Waals surface area (Å²) in [5.74, 6) is 0.